The van der Waals surface area contributed by atoms with Crippen molar-refractivity contribution in [1.82, 2.24) is 10.3 Å². The summed E-state index contributed by atoms with van der Waals surface area (Å²) in [7, 11) is 0. The Labute approximate surface area is 116 Å². The molecule has 0 unspecified atom stereocenters. The molecule has 5 heteroatoms. The number of carbonyl (C=O) groups is 1. The van der Waals surface area contributed by atoms with Gasteiger partial charge in [0.1, 0.15) is 11.6 Å². The Morgan fingerprint density at radius 1 is 1.30 bits per heavy atom. The third-order valence-electron chi connectivity index (χ3n) is 2.68. The van der Waals surface area contributed by atoms with Gasteiger partial charge in [0, 0.05) is 11.8 Å². The summed E-state index contributed by atoms with van der Waals surface area (Å²) in [4.78, 5) is 15.8. The number of hydrogen-bond donors (Lipinski definition) is 1. The molecule has 0 aliphatic heterocycles. The minimum absolute atomic E-state index is 0.0543. The fourth-order valence-electron chi connectivity index (χ4n) is 1.68. The Kier molecular flexibility index (Phi) is 4.65. The smallest absolute Gasteiger partial charge is 0.251 e. The summed E-state index contributed by atoms with van der Waals surface area (Å²) >= 11 is 0. The Morgan fingerprint density at radius 2 is 2.05 bits per heavy atom. The Balaban J connectivity index is 1.96. The molecule has 0 saturated heterocycles. The molecule has 1 amide bonds. The molecule has 0 radical (unpaired) electrons. The van der Waals surface area contributed by atoms with E-state index in [1.54, 1.807) is 24.3 Å². The van der Waals surface area contributed by atoms with Crippen LogP contribution in [-0.4, -0.2) is 17.5 Å². The third-order valence-corrected chi connectivity index (χ3v) is 2.68. The highest BCUT2D eigenvalue weighted by molar-refractivity contribution is 5.94. The molecule has 1 heterocycles. The van der Waals surface area contributed by atoms with Crippen molar-refractivity contribution in [2.75, 3.05) is 6.61 Å². The third kappa shape index (κ3) is 3.54. The SMILES string of the molecule is CCOc1ccc(C(=O)NCc2ncccc2F)cc1. The molecule has 0 fully saturated rings. The van der Waals surface area contributed by atoms with Gasteiger partial charge in [0.05, 0.1) is 18.8 Å². The molecule has 0 spiro atoms. The first kappa shape index (κ1) is 14.0. The summed E-state index contributed by atoms with van der Waals surface area (Å²) in [5, 5.41) is 2.63. The number of aromatic nitrogens is 1. The van der Waals surface area contributed by atoms with Crippen LogP contribution in [0.2, 0.25) is 0 Å². The second kappa shape index (κ2) is 6.65. The van der Waals surface area contributed by atoms with Crippen molar-refractivity contribution in [3.05, 3.63) is 59.7 Å². The number of pyridine rings is 1. The van der Waals surface area contributed by atoms with Crippen LogP contribution in [0.15, 0.2) is 42.6 Å². The van der Waals surface area contributed by atoms with Crippen LogP contribution in [0.4, 0.5) is 4.39 Å². The Hall–Kier alpha value is -2.43. The molecular weight excluding hydrogens is 259 g/mol. The number of benzene rings is 1. The van der Waals surface area contributed by atoms with E-state index >= 15 is 0 Å². The van der Waals surface area contributed by atoms with E-state index in [9.17, 15) is 9.18 Å². The number of rotatable bonds is 5. The highest BCUT2D eigenvalue weighted by atomic mass is 19.1. The standard InChI is InChI=1S/C15H15FN2O2/c1-2-20-12-7-5-11(6-8-12)15(19)18-10-14-13(16)4-3-9-17-14/h3-9H,2,10H2,1H3,(H,18,19). The second-order valence-corrected chi connectivity index (χ2v) is 4.07. The molecule has 2 aromatic rings. The van der Waals surface area contributed by atoms with Crippen LogP contribution in [0.1, 0.15) is 23.0 Å². The largest absolute Gasteiger partial charge is 0.494 e. The number of nitrogens with one attached hydrogen (secondary N) is 1. The van der Waals surface area contributed by atoms with Crippen LogP contribution in [0.5, 0.6) is 5.75 Å². The zero-order valence-electron chi connectivity index (χ0n) is 11.1. The van der Waals surface area contributed by atoms with Gasteiger partial charge in [-0.2, -0.15) is 0 Å². The summed E-state index contributed by atoms with van der Waals surface area (Å²) in [5.41, 5.74) is 0.705. The topological polar surface area (TPSA) is 51.2 Å². The number of carbonyl (C=O) groups excluding carboxylic acids is 1. The van der Waals surface area contributed by atoms with Crippen molar-refractivity contribution in [1.29, 1.82) is 0 Å². The highest BCUT2D eigenvalue weighted by Gasteiger charge is 2.08. The molecule has 2 rings (SSSR count). The van der Waals surface area contributed by atoms with Gasteiger partial charge in [-0.15, -0.1) is 0 Å². The first-order valence-electron chi connectivity index (χ1n) is 6.31. The maximum Gasteiger partial charge on any atom is 0.251 e. The molecule has 1 aromatic carbocycles. The zero-order valence-corrected chi connectivity index (χ0v) is 11.1. The molecule has 104 valence electrons. The van der Waals surface area contributed by atoms with Crippen LogP contribution >= 0.6 is 0 Å². The summed E-state index contributed by atoms with van der Waals surface area (Å²) in [6.07, 6.45) is 1.49. The quantitative estimate of drug-likeness (QED) is 0.911. The average molecular weight is 274 g/mol. The van der Waals surface area contributed by atoms with E-state index < -0.39 is 5.82 Å². The van der Waals surface area contributed by atoms with E-state index in [0.29, 0.717) is 17.9 Å². The van der Waals surface area contributed by atoms with E-state index in [1.165, 1.54) is 18.3 Å². The van der Waals surface area contributed by atoms with Gasteiger partial charge in [0.15, 0.2) is 0 Å². The number of amides is 1. The van der Waals surface area contributed by atoms with E-state index in [4.69, 9.17) is 4.74 Å². The fourth-order valence-corrected chi connectivity index (χ4v) is 1.68. The van der Waals surface area contributed by atoms with Gasteiger partial charge in [-0.1, -0.05) is 0 Å². The van der Waals surface area contributed by atoms with Crippen molar-refractivity contribution in [3.8, 4) is 5.75 Å². The minimum Gasteiger partial charge on any atom is -0.494 e. The van der Waals surface area contributed by atoms with Gasteiger partial charge in [-0.05, 0) is 43.3 Å². The van der Waals surface area contributed by atoms with Crippen molar-refractivity contribution < 1.29 is 13.9 Å². The van der Waals surface area contributed by atoms with E-state index in [1.807, 2.05) is 6.92 Å². The number of halogens is 1. The van der Waals surface area contributed by atoms with Crippen LogP contribution in [-0.2, 0) is 6.54 Å². The van der Waals surface area contributed by atoms with Gasteiger partial charge in [-0.3, -0.25) is 9.78 Å². The lowest BCUT2D eigenvalue weighted by molar-refractivity contribution is 0.0950. The van der Waals surface area contributed by atoms with Gasteiger partial charge in [0.2, 0.25) is 0 Å². The Morgan fingerprint density at radius 3 is 2.70 bits per heavy atom. The minimum atomic E-state index is -0.431. The van der Waals surface area contributed by atoms with Crippen LogP contribution in [0, 0.1) is 5.82 Å². The first-order chi connectivity index (χ1) is 9.70. The highest BCUT2D eigenvalue weighted by Crippen LogP contribution is 2.12. The molecule has 1 N–H and O–H groups in total. The molecule has 20 heavy (non-hydrogen) atoms. The fraction of sp³-hybridized carbons (Fsp3) is 0.200. The molecule has 0 aliphatic rings. The summed E-state index contributed by atoms with van der Waals surface area (Å²) in [6.45, 7) is 2.52. The summed E-state index contributed by atoms with van der Waals surface area (Å²) in [6, 6.07) is 9.59. The van der Waals surface area contributed by atoms with Gasteiger partial charge >= 0.3 is 0 Å². The average Bonchev–Trinajstić information content (AvgIpc) is 2.47. The Bertz CT molecular complexity index is 585. The maximum atomic E-state index is 13.3. The first-order valence-corrected chi connectivity index (χ1v) is 6.31. The van der Waals surface area contributed by atoms with E-state index in [2.05, 4.69) is 10.3 Å². The molecule has 0 saturated carbocycles. The second-order valence-electron chi connectivity index (χ2n) is 4.07. The molecule has 4 nitrogen and oxygen atoms in total. The zero-order chi connectivity index (χ0) is 14.4. The lowest BCUT2D eigenvalue weighted by Crippen LogP contribution is -2.23. The van der Waals surface area contributed by atoms with Crippen molar-refractivity contribution in [3.63, 3.8) is 0 Å². The monoisotopic (exact) mass is 274 g/mol. The predicted octanol–water partition coefficient (Wildman–Crippen LogP) is 2.55. The van der Waals surface area contributed by atoms with Gasteiger partial charge < -0.3 is 10.1 Å². The molecule has 0 atom stereocenters. The van der Waals surface area contributed by atoms with E-state index in [-0.39, 0.29) is 18.1 Å². The lowest BCUT2D eigenvalue weighted by atomic mass is 10.2. The molecular formula is C15H15FN2O2. The van der Waals surface area contributed by atoms with Gasteiger partial charge in [0.25, 0.3) is 5.91 Å². The van der Waals surface area contributed by atoms with Crippen LogP contribution < -0.4 is 10.1 Å². The van der Waals surface area contributed by atoms with Crippen LogP contribution in [0.3, 0.4) is 0 Å². The van der Waals surface area contributed by atoms with Crippen molar-refractivity contribution >= 4 is 5.91 Å². The summed E-state index contributed by atoms with van der Waals surface area (Å²) in [5.74, 6) is -0.00239. The maximum absolute atomic E-state index is 13.3. The normalized spacial score (nSPS) is 10.1. The van der Waals surface area contributed by atoms with Gasteiger partial charge in [-0.25, -0.2) is 4.39 Å². The lowest BCUT2D eigenvalue weighted by Gasteiger charge is -2.07. The molecule has 0 bridgehead atoms. The predicted molar refractivity (Wildman–Crippen MR) is 73.0 cm³/mol. The van der Waals surface area contributed by atoms with Crippen molar-refractivity contribution in [2.24, 2.45) is 0 Å². The number of nitrogens with zero attached hydrogens (tertiary/aromatic N) is 1. The number of hydrogen-bond acceptors (Lipinski definition) is 3. The molecule has 0 aliphatic carbocycles. The van der Waals surface area contributed by atoms with Crippen LogP contribution in [0.25, 0.3) is 0 Å². The summed E-state index contributed by atoms with van der Waals surface area (Å²) < 4.78 is 18.6. The van der Waals surface area contributed by atoms with E-state index in [0.717, 1.165) is 0 Å². The number of ether oxygens (including phenoxy) is 1. The van der Waals surface area contributed by atoms with Crippen molar-refractivity contribution in [2.45, 2.75) is 13.5 Å². The molecule has 1 aromatic heterocycles.